The maximum atomic E-state index is 12.2. The summed E-state index contributed by atoms with van der Waals surface area (Å²) in [4.78, 5) is 24.0. The lowest BCUT2D eigenvalue weighted by Crippen LogP contribution is -2.15. The molecule has 1 aliphatic carbocycles. The van der Waals surface area contributed by atoms with E-state index in [2.05, 4.69) is 62.7 Å². The van der Waals surface area contributed by atoms with Gasteiger partial charge in [0.15, 0.2) is 5.82 Å². The molecule has 0 saturated heterocycles. The molecule has 7 heteroatoms. The Balaban J connectivity index is 2.13. The van der Waals surface area contributed by atoms with E-state index in [0.717, 1.165) is 27.5 Å². The van der Waals surface area contributed by atoms with E-state index in [1.165, 1.54) is 12.8 Å². The van der Waals surface area contributed by atoms with Gasteiger partial charge in [-0.2, -0.15) is 0 Å². The van der Waals surface area contributed by atoms with Crippen LogP contribution < -0.4 is 5.56 Å². The molecule has 3 rings (SSSR count). The summed E-state index contributed by atoms with van der Waals surface area (Å²) >= 11 is 10.2. The fourth-order valence-electron chi connectivity index (χ4n) is 2.65. The summed E-state index contributed by atoms with van der Waals surface area (Å²) in [6, 6.07) is 1.89. The standard InChI is InChI=1S/C14H12Br3N3O/c15-8-5-9(16)12(18-6-8)13-19-11(7-3-1-2-4-7)10(17)14(21)20-13/h5-7H,1-4H2,(H,19,20,21). The number of H-pyrrole nitrogens is 1. The van der Waals surface area contributed by atoms with Crippen molar-refractivity contribution in [2.24, 2.45) is 0 Å². The van der Waals surface area contributed by atoms with E-state index >= 15 is 0 Å². The lowest BCUT2D eigenvalue weighted by Gasteiger charge is -2.12. The first-order valence-corrected chi connectivity index (χ1v) is 9.05. The topological polar surface area (TPSA) is 58.6 Å². The molecule has 0 bridgehead atoms. The summed E-state index contributed by atoms with van der Waals surface area (Å²) in [6.45, 7) is 0. The molecule has 110 valence electrons. The molecule has 2 heterocycles. The highest BCUT2D eigenvalue weighted by Crippen LogP contribution is 2.36. The van der Waals surface area contributed by atoms with Crippen LogP contribution in [0.3, 0.4) is 0 Å². The average molecular weight is 478 g/mol. The first kappa shape index (κ1) is 15.4. The van der Waals surface area contributed by atoms with Crippen molar-refractivity contribution in [2.45, 2.75) is 31.6 Å². The van der Waals surface area contributed by atoms with E-state index in [4.69, 9.17) is 0 Å². The molecule has 1 saturated carbocycles. The van der Waals surface area contributed by atoms with Crippen molar-refractivity contribution in [1.29, 1.82) is 0 Å². The summed E-state index contributed by atoms with van der Waals surface area (Å²) in [6.07, 6.45) is 6.26. The summed E-state index contributed by atoms with van der Waals surface area (Å²) in [5.74, 6) is 0.860. The molecular weight excluding hydrogens is 466 g/mol. The Hall–Kier alpha value is -0.530. The third-order valence-electron chi connectivity index (χ3n) is 3.66. The van der Waals surface area contributed by atoms with E-state index in [1.54, 1.807) is 6.20 Å². The second-order valence-corrected chi connectivity index (χ2v) is 7.64. The molecule has 0 amide bonds. The zero-order valence-electron chi connectivity index (χ0n) is 11.0. The van der Waals surface area contributed by atoms with Crippen LogP contribution in [0.2, 0.25) is 0 Å². The van der Waals surface area contributed by atoms with Crippen LogP contribution in [0.15, 0.2) is 30.5 Å². The number of aromatic nitrogens is 3. The average Bonchev–Trinajstić information content (AvgIpc) is 2.96. The van der Waals surface area contributed by atoms with Crippen LogP contribution >= 0.6 is 47.8 Å². The molecule has 0 unspecified atom stereocenters. The minimum Gasteiger partial charge on any atom is -0.304 e. The Kier molecular flexibility index (Phi) is 4.61. The van der Waals surface area contributed by atoms with Crippen LogP contribution in [-0.2, 0) is 0 Å². The SMILES string of the molecule is O=c1[nH]c(-c2ncc(Br)cc2Br)nc(C2CCCC2)c1Br. The number of halogens is 3. The van der Waals surface area contributed by atoms with Crippen LogP contribution in [0.1, 0.15) is 37.3 Å². The maximum Gasteiger partial charge on any atom is 0.265 e. The Labute approximate surface area is 147 Å². The van der Waals surface area contributed by atoms with Gasteiger partial charge in [0.05, 0.1) is 5.69 Å². The highest BCUT2D eigenvalue weighted by atomic mass is 79.9. The minimum atomic E-state index is -0.154. The third-order valence-corrected chi connectivity index (χ3v) is 5.47. The maximum absolute atomic E-state index is 12.2. The molecule has 1 N–H and O–H groups in total. The highest BCUT2D eigenvalue weighted by Gasteiger charge is 2.23. The van der Waals surface area contributed by atoms with Gasteiger partial charge in [-0.15, -0.1) is 0 Å². The van der Waals surface area contributed by atoms with Gasteiger partial charge in [0.25, 0.3) is 5.56 Å². The van der Waals surface area contributed by atoms with Crippen molar-refractivity contribution in [3.05, 3.63) is 41.7 Å². The lowest BCUT2D eigenvalue weighted by atomic mass is 10.0. The van der Waals surface area contributed by atoms with Crippen molar-refractivity contribution < 1.29 is 0 Å². The number of aromatic amines is 1. The Morgan fingerprint density at radius 1 is 1.19 bits per heavy atom. The molecule has 1 aliphatic rings. The van der Waals surface area contributed by atoms with Crippen LogP contribution in [0, 0.1) is 0 Å². The van der Waals surface area contributed by atoms with Gasteiger partial charge in [0.2, 0.25) is 0 Å². The second kappa shape index (κ2) is 6.30. The van der Waals surface area contributed by atoms with Crippen LogP contribution in [0.25, 0.3) is 11.5 Å². The zero-order chi connectivity index (χ0) is 15.0. The first-order valence-electron chi connectivity index (χ1n) is 6.67. The van der Waals surface area contributed by atoms with Crippen molar-refractivity contribution >= 4 is 47.8 Å². The Morgan fingerprint density at radius 2 is 1.90 bits per heavy atom. The molecule has 2 aromatic heterocycles. The molecular formula is C14H12Br3N3O. The number of hydrogen-bond donors (Lipinski definition) is 1. The van der Waals surface area contributed by atoms with Crippen LogP contribution in [0.4, 0.5) is 0 Å². The summed E-state index contributed by atoms with van der Waals surface area (Å²) in [7, 11) is 0. The van der Waals surface area contributed by atoms with Crippen molar-refractivity contribution in [3.63, 3.8) is 0 Å². The quantitative estimate of drug-likeness (QED) is 0.677. The predicted molar refractivity (Wildman–Crippen MR) is 92.4 cm³/mol. The zero-order valence-corrected chi connectivity index (χ0v) is 15.8. The summed E-state index contributed by atoms with van der Waals surface area (Å²) < 4.78 is 2.21. The predicted octanol–water partition coefficient (Wildman–Crippen LogP) is 4.78. The number of pyridine rings is 1. The smallest absolute Gasteiger partial charge is 0.265 e. The number of nitrogens with one attached hydrogen (secondary N) is 1. The molecule has 4 nitrogen and oxygen atoms in total. The molecule has 0 aromatic carbocycles. The lowest BCUT2D eigenvalue weighted by molar-refractivity contribution is 0.688. The summed E-state index contributed by atoms with van der Waals surface area (Å²) in [5, 5.41) is 0. The van der Waals surface area contributed by atoms with Gasteiger partial charge in [-0.25, -0.2) is 4.98 Å². The van der Waals surface area contributed by atoms with E-state index in [9.17, 15) is 4.79 Å². The number of nitrogens with zero attached hydrogens (tertiary/aromatic N) is 2. The summed E-state index contributed by atoms with van der Waals surface area (Å²) in [5.41, 5.74) is 1.34. The van der Waals surface area contributed by atoms with Crippen molar-refractivity contribution in [2.75, 3.05) is 0 Å². The normalized spacial score (nSPS) is 15.6. The number of rotatable bonds is 2. The van der Waals surface area contributed by atoms with Crippen LogP contribution in [0.5, 0.6) is 0 Å². The van der Waals surface area contributed by atoms with Crippen molar-refractivity contribution in [3.8, 4) is 11.5 Å². The molecule has 1 fully saturated rings. The van der Waals surface area contributed by atoms with Gasteiger partial charge in [-0.1, -0.05) is 12.8 Å². The molecule has 21 heavy (non-hydrogen) atoms. The van der Waals surface area contributed by atoms with E-state index in [0.29, 0.717) is 21.9 Å². The van der Waals surface area contributed by atoms with E-state index < -0.39 is 0 Å². The van der Waals surface area contributed by atoms with Gasteiger partial charge >= 0.3 is 0 Å². The molecule has 0 spiro atoms. The van der Waals surface area contributed by atoms with Gasteiger partial charge in [-0.05, 0) is 66.7 Å². The Bertz CT molecular complexity index is 739. The first-order chi connectivity index (χ1) is 10.1. The van der Waals surface area contributed by atoms with E-state index in [-0.39, 0.29) is 5.56 Å². The number of hydrogen-bond acceptors (Lipinski definition) is 3. The minimum absolute atomic E-state index is 0.154. The molecule has 0 radical (unpaired) electrons. The third kappa shape index (κ3) is 3.14. The highest BCUT2D eigenvalue weighted by molar-refractivity contribution is 9.11. The van der Waals surface area contributed by atoms with Gasteiger partial charge in [-0.3, -0.25) is 9.78 Å². The molecule has 0 aliphatic heterocycles. The molecule has 2 aromatic rings. The van der Waals surface area contributed by atoms with E-state index in [1.807, 2.05) is 6.07 Å². The van der Waals surface area contributed by atoms with Gasteiger partial charge in [0, 0.05) is 21.1 Å². The Morgan fingerprint density at radius 3 is 2.57 bits per heavy atom. The van der Waals surface area contributed by atoms with Crippen LogP contribution in [-0.4, -0.2) is 15.0 Å². The van der Waals surface area contributed by atoms with Crippen molar-refractivity contribution in [1.82, 2.24) is 15.0 Å². The fraction of sp³-hybridized carbons (Fsp3) is 0.357. The molecule has 0 atom stereocenters. The van der Waals surface area contributed by atoms with Gasteiger partial charge in [0.1, 0.15) is 10.2 Å². The van der Waals surface area contributed by atoms with Gasteiger partial charge < -0.3 is 4.98 Å². The largest absolute Gasteiger partial charge is 0.304 e. The second-order valence-electron chi connectivity index (χ2n) is 5.08. The fourth-order valence-corrected chi connectivity index (χ4v) is 4.33. The monoisotopic (exact) mass is 475 g/mol.